The van der Waals surface area contributed by atoms with Gasteiger partial charge in [0, 0.05) is 25.6 Å². The first-order valence-electron chi connectivity index (χ1n) is 7.44. The molecule has 0 bridgehead atoms. The van der Waals surface area contributed by atoms with Crippen LogP contribution in [0.25, 0.3) is 0 Å². The number of nitrogens with zero attached hydrogens (tertiary/aromatic N) is 3. The number of hydrogen-bond donors (Lipinski definition) is 1. The molecule has 2 heterocycles. The van der Waals surface area contributed by atoms with E-state index in [0.717, 1.165) is 12.4 Å². The highest BCUT2D eigenvalue weighted by Gasteiger charge is 2.33. The van der Waals surface area contributed by atoms with E-state index in [9.17, 15) is 26.7 Å². The van der Waals surface area contributed by atoms with Gasteiger partial charge in [-0.3, -0.25) is 4.79 Å². The van der Waals surface area contributed by atoms with Crippen LogP contribution in [-0.4, -0.2) is 41.9 Å². The molecule has 0 aliphatic carbocycles. The number of rotatable bonds is 5. The molecule has 0 atom stereocenters. The Morgan fingerprint density at radius 1 is 1.29 bits per heavy atom. The van der Waals surface area contributed by atoms with Gasteiger partial charge in [0.05, 0.1) is 6.54 Å². The molecule has 1 amide bonds. The van der Waals surface area contributed by atoms with Crippen molar-refractivity contribution in [2.24, 2.45) is 5.92 Å². The number of anilines is 1. The van der Waals surface area contributed by atoms with E-state index in [0.29, 0.717) is 25.9 Å². The first-order chi connectivity index (χ1) is 11.3. The predicted octanol–water partition coefficient (Wildman–Crippen LogP) is 2.48. The molecule has 1 saturated heterocycles. The second-order valence-corrected chi connectivity index (χ2v) is 5.59. The molecule has 0 unspecified atom stereocenters. The highest BCUT2D eigenvalue weighted by atomic mass is 19.4. The quantitative estimate of drug-likeness (QED) is 0.828. The largest absolute Gasteiger partial charge is 0.433 e. The Morgan fingerprint density at radius 3 is 2.54 bits per heavy atom. The van der Waals surface area contributed by atoms with Crippen molar-refractivity contribution < 1.29 is 26.7 Å². The summed E-state index contributed by atoms with van der Waals surface area (Å²) in [6.45, 7) is 0.223. The lowest BCUT2D eigenvalue weighted by molar-refractivity contribution is -0.141. The molecule has 10 heteroatoms. The van der Waals surface area contributed by atoms with E-state index in [2.05, 4.69) is 15.3 Å². The molecule has 1 aliphatic heterocycles. The zero-order valence-electron chi connectivity index (χ0n) is 12.7. The van der Waals surface area contributed by atoms with E-state index in [4.69, 9.17) is 0 Å². The number of halogens is 5. The Balaban J connectivity index is 1.86. The fourth-order valence-electron chi connectivity index (χ4n) is 2.57. The summed E-state index contributed by atoms with van der Waals surface area (Å²) in [6.07, 6.45) is -4.95. The van der Waals surface area contributed by atoms with Gasteiger partial charge in [-0.1, -0.05) is 0 Å². The van der Waals surface area contributed by atoms with Crippen LogP contribution in [0.4, 0.5) is 27.8 Å². The minimum atomic E-state index is -4.53. The molecule has 1 N–H and O–H groups in total. The third-order valence-electron chi connectivity index (χ3n) is 3.81. The molecule has 0 spiro atoms. The highest BCUT2D eigenvalue weighted by Crippen LogP contribution is 2.30. The van der Waals surface area contributed by atoms with E-state index in [-0.39, 0.29) is 18.2 Å². The first kappa shape index (κ1) is 18.3. The minimum absolute atomic E-state index is 0.0165. The van der Waals surface area contributed by atoms with E-state index in [1.54, 1.807) is 4.90 Å². The highest BCUT2D eigenvalue weighted by molar-refractivity contribution is 5.76. The standard InChI is InChI=1S/C14H17F5N4O/c15-11(16)7-20-13(24)5-9-1-3-23(4-2-9)12-6-10(14(17,18)19)21-8-22-12/h6,8-9,11H,1-5,7H2,(H,20,24). The Hall–Kier alpha value is -2.00. The summed E-state index contributed by atoms with van der Waals surface area (Å²) >= 11 is 0. The van der Waals surface area contributed by atoms with Crippen molar-refractivity contribution in [2.45, 2.75) is 31.9 Å². The molecule has 0 saturated carbocycles. The molecule has 2 rings (SSSR count). The topological polar surface area (TPSA) is 58.1 Å². The first-order valence-corrected chi connectivity index (χ1v) is 7.44. The summed E-state index contributed by atoms with van der Waals surface area (Å²) < 4.78 is 62.0. The lowest BCUT2D eigenvalue weighted by atomic mass is 9.93. The van der Waals surface area contributed by atoms with Crippen molar-refractivity contribution in [3.63, 3.8) is 0 Å². The average Bonchev–Trinajstić information content (AvgIpc) is 2.53. The molecule has 1 aromatic heterocycles. The van der Waals surface area contributed by atoms with Crippen LogP contribution in [0.3, 0.4) is 0 Å². The van der Waals surface area contributed by atoms with Gasteiger partial charge >= 0.3 is 6.18 Å². The van der Waals surface area contributed by atoms with Crippen LogP contribution in [-0.2, 0) is 11.0 Å². The van der Waals surface area contributed by atoms with Crippen molar-refractivity contribution in [1.29, 1.82) is 0 Å². The summed E-state index contributed by atoms with van der Waals surface area (Å²) in [4.78, 5) is 20.3. The minimum Gasteiger partial charge on any atom is -0.356 e. The van der Waals surface area contributed by atoms with Crippen molar-refractivity contribution >= 4 is 11.7 Å². The molecule has 24 heavy (non-hydrogen) atoms. The maximum atomic E-state index is 12.7. The van der Waals surface area contributed by atoms with Gasteiger partial charge in [0.1, 0.15) is 17.8 Å². The second-order valence-electron chi connectivity index (χ2n) is 5.59. The van der Waals surface area contributed by atoms with Gasteiger partial charge in [-0.15, -0.1) is 0 Å². The third-order valence-corrected chi connectivity index (χ3v) is 3.81. The Morgan fingerprint density at radius 2 is 1.96 bits per heavy atom. The van der Waals surface area contributed by atoms with Crippen molar-refractivity contribution in [3.05, 3.63) is 18.1 Å². The average molecular weight is 352 g/mol. The number of alkyl halides is 5. The van der Waals surface area contributed by atoms with Crippen molar-refractivity contribution in [2.75, 3.05) is 24.5 Å². The molecule has 0 radical (unpaired) electrons. The van der Waals surface area contributed by atoms with Crippen LogP contribution in [0.15, 0.2) is 12.4 Å². The van der Waals surface area contributed by atoms with E-state index >= 15 is 0 Å². The number of piperidine rings is 1. The third kappa shape index (κ3) is 5.27. The van der Waals surface area contributed by atoms with Gasteiger partial charge < -0.3 is 10.2 Å². The lowest BCUT2D eigenvalue weighted by Crippen LogP contribution is -2.37. The van der Waals surface area contributed by atoms with Gasteiger partial charge in [0.15, 0.2) is 0 Å². The van der Waals surface area contributed by atoms with Gasteiger partial charge in [-0.25, -0.2) is 18.7 Å². The SMILES string of the molecule is O=C(CC1CCN(c2cc(C(F)(F)F)ncn2)CC1)NCC(F)F. The predicted molar refractivity (Wildman–Crippen MR) is 75.6 cm³/mol. The number of amides is 1. The number of hydrogen-bond acceptors (Lipinski definition) is 4. The van der Waals surface area contributed by atoms with Crippen molar-refractivity contribution in [1.82, 2.24) is 15.3 Å². The summed E-state index contributed by atoms with van der Waals surface area (Å²) in [7, 11) is 0. The van der Waals surface area contributed by atoms with Crippen LogP contribution in [0, 0.1) is 5.92 Å². The monoisotopic (exact) mass is 352 g/mol. The summed E-state index contributed by atoms with van der Waals surface area (Å²) in [6, 6.07) is 0.898. The maximum absolute atomic E-state index is 12.7. The maximum Gasteiger partial charge on any atom is 0.433 e. The zero-order valence-corrected chi connectivity index (χ0v) is 12.7. The Labute approximate surface area is 135 Å². The fourth-order valence-corrected chi connectivity index (χ4v) is 2.57. The van der Waals surface area contributed by atoms with E-state index in [1.165, 1.54) is 0 Å². The zero-order chi connectivity index (χ0) is 17.7. The van der Waals surface area contributed by atoms with Gasteiger partial charge in [-0.05, 0) is 18.8 Å². The molecule has 134 valence electrons. The van der Waals surface area contributed by atoms with Crippen LogP contribution >= 0.6 is 0 Å². The van der Waals surface area contributed by atoms with Crippen LogP contribution in [0.1, 0.15) is 25.0 Å². The van der Waals surface area contributed by atoms with Gasteiger partial charge in [-0.2, -0.15) is 13.2 Å². The fraction of sp³-hybridized carbons (Fsp3) is 0.643. The molecule has 5 nitrogen and oxygen atoms in total. The Kier molecular flexibility index (Phi) is 5.89. The molecular weight excluding hydrogens is 335 g/mol. The van der Waals surface area contributed by atoms with Crippen LogP contribution in [0.2, 0.25) is 0 Å². The van der Waals surface area contributed by atoms with Crippen LogP contribution < -0.4 is 10.2 Å². The number of carbonyl (C=O) groups excluding carboxylic acids is 1. The normalized spacial score (nSPS) is 16.5. The number of nitrogens with one attached hydrogen (secondary N) is 1. The second kappa shape index (κ2) is 7.71. The summed E-state index contributed by atoms with van der Waals surface area (Å²) in [5.41, 5.74) is -0.999. The molecule has 1 aliphatic rings. The Bertz CT molecular complexity index is 558. The van der Waals surface area contributed by atoms with E-state index < -0.39 is 30.7 Å². The van der Waals surface area contributed by atoms with Gasteiger partial charge in [0.2, 0.25) is 5.91 Å². The number of aromatic nitrogens is 2. The number of carbonyl (C=O) groups is 1. The molecule has 1 aromatic rings. The van der Waals surface area contributed by atoms with Crippen molar-refractivity contribution in [3.8, 4) is 0 Å². The summed E-state index contributed by atoms with van der Waals surface area (Å²) in [5, 5.41) is 2.15. The smallest absolute Gasteiger partial charge is 0.356 e. The molecule has 1 fully saturated rings. The van der Waals surface area contributed by atoms with Gasteiger partial charge in [0.25, 0.3) is 6.43 Å². The molecule has 0 aromatic carbocycles. The van der Waals surface area contributed by atoms with E-state index in [1.807, 2.05) is 0 Å². The lowest BCUT2D eigenvalue weighted by Gasteiger charge is -2.32. The molecular formula is C14H17F5N4O. The summed E-state index contributed by atoms with van der Waals surface area (Å²) in [5.74, 6) is -0.226. The van der Waals surface area contributed by atoms with Crippen LogP contribution in [0.5, 0.6) is 0 Å².